The highest BCUT2D eigenvalue weighted by Crippen LogP contribution is 2.20. The van der Waals surface area contributed by atoms with Gasteiger partial charge in [-0.05, 0) is 26.8 Å². The Morgan fingerprint density at radius 3 is 2.43 bits per heavy atom. The van der Waals surface area contributed by atoms with Crippen LogP contribution in [0.2, 0.25) is 0 Å². The molecule has 0 bridgehead atoms. The lowest BCUT2D eigenvalue weighted by atomic mass is 10.2. The van der Waals surface area contributed by atoms with Crippen molar-refractivity contribution >= 4 is 5.78 Å². The molecule has 0 radical (unpaired) electrons. The van der Waals surface area contributed by atoms with Gasteiger partial charge in [0.25, 0.3) is 0 Å². The maximum atomic E-state index is 11.3. The molecule has 14 heavy (non-hydrogen) atoms. The molecule has 1 rings (SSSR count). The van der Waals surface area contributed by atoms with Gasteiger partial charge in [0.15, 0.2) is 5.78 Å². The largest absolute Gasteiger partial charge is 0.339 e. The minimum Gasteiger partial charge on any atom is -0.339 e. The Balaban J connectivity index is 3.44. The molecule has 0 aromatic carbocycles. The molecule has 1 aromatic heterocycles. The Bertz CT molecular complexity index is 408. The van der Waals surface area contributed by atoms with Crippen LogP contribution in [0.15, 0.2) is 6.07 Å². The molecule has 0 atom stereocenters. The van der Waals surface area contributed by atoms with Gasteiger partial charge >= 0.3 is 0 Å². The molecule has 0 saturated carbocycles. The first-order chi connectivity index (χ1) is 6.49. The normalized spacial score (nSPS) is 10.3. The van der Waals surface area contributed by atoms with Gasteiger partial charge in [-0.3, -0.25) is 4.79 Å². The van der Waals surface area contributed by atoms with Crippen molar-refractivity contribution in [3.05, 3.63) is 23.0 Å². The van der Waals surface area contributed by atoms with E-state index in [1.807, 2.05) is 25.3 Å². The van der Waals surface area contributed by atoms with Crippen molar-refractivity contribution in [1.82, 2.24) is 4.57 Å². The van der Waals surface area contributed by atoms with Gasteiger partial charge in [0, 0.05) is 18.7 Å². The van der Waals surface area contributed by atoms with Gasteiger partial charge in [0.1, 0.15) is 6.07 Å². The molecule has 0 N–H and O–H groups in total. The number of ketones is 1. The SMILES string of the molecule is CC(=O)c1cc(C#N)c(C)n1C(C)C. The van der Waals surface area contributed by atoms with Crippen molar-refractivity contribution < 1.29 is 4.79 Å². The summed E-state index contributed by atoms with van der Waals surface area (Å²) >= 11 is 0. The highest BCUT2D eigenvalue weighted by atomic mass is 16.1. The van der Waals surface area contributed by atoms with E-state index in [1.165, 1.54) is 6.92 Å². The fourth-order valence-electron chi connectivity index (χ4n) is 1.67. The van der Waals surface area contributed by atoms with Crippen LogP contribution in [-0.4, -0.2) is 10.4 Å². The van der Waals surface area contributed by atoms with Crippen LogP contribution in [0, 0.1) is 18.3 Å². The van der Waals surface area contributed by atoms with E-state index in [4.69, 9.17) is 5.26 Å². The van der Waals surface area contributed by atoms with Crippen LogP contribution in [0.5, 0.6) is 0 Å². The number of nitrogens with zero attached hydrogens (tertiary/aromatic N) is 2. The zero-order valence-corrected chi connectivity index (χ0v) is 8.96. The third-order valence-electron chi connectivity index (χ3n) is 2.29. The predicted molar refractivity (Wildman–Crippen MR) is 54.3 cm³/mol. The molecule has 0 saturated heterocycles. The van der Waals surface area contributed by atoms with Crippen molar-refractivity contribution in [1.29, 1.82) is 5.26 Å². The summed E-state index contributed by atoms with van der Waals surface area (Å²) < 4.78 is 1.90. The first-order valence-electron chi connectivity index (χ1n) is 4.62. The first kappa shape index (κ1) is 10.5. The van der Waals surface area contributed by atoms with Gasteiger partial charge in [-0.25, -0.2) is 0 Å². The summed E-state index contributed by atoms with van der Waals surface area (Å²) in [6.45, 7) is 7.39. The molecule has 3 heteroatoms. The predicted octanol–water partition coefficient (Wildman–Crippen LogP) is 2.45. The third-order valence-corrected chi connectivity index (χ3v) is 2.29. The molecule has 0 aliphatic rings. The molecule has 3 nitrogen and oxygen atoms in total. The Morgan fingerprint density at radius 1 is 1.57 bits per heavy atom. The number of carbonyl (C=O) groups excluding carboxylic acids is 1. The Labute approximate surface area is 84.0 Å². The van der Waals surface area contributed by atoms with E-state index >= 15 is 0 Å². The van der Waals surface area contributed by atoms with E-state index in [9.17, 15) is 4.79 Å². The molecule has 0 amide bonds. The second-order valence-electron chi connectivity index (χ2n) is 3.66. The number of carbonyl (C=O) groups is 1. The Kier molecular flexibility index (Phi) is 2.76. The molecular formula is C11H14N2O. The van der Waals surface area contributed by atoms with Gasteiger partial charge in [-0.2, -0.15) is 5.26 Å². The maximum Gasteiger partial charge on any atom is 0.176 e. The second kappa shape index (κ2) is 3.67. The number of aromatic nitrogens is 1. The van der Waals surface area contributed by atoms with Crippen LogP contribution in [0.25, 0.3) is 0 Å². The van der Waals surface area contributed by atoms with E-state index in [0.29, 0.717) is 11.3 Å². The fourth-order valence-corrected chi connectivity index (χ4v) is 1.67. The van der Waals surface area contributed by atoms with E-state index in [1.54, 1.807) is 6.07 Å². The van der Waals surface area contributed by atoms with E-state index in [2.05, 4.69) is 6.07 Å². The topological polar surface area (TPSA) is 45.8 Å². The summed E-state index contributed by atoms with van der Waals surface area (Å²) in [5.41, 5.74) is 2.07. The van der Waals surface area contributed by atoms with Gasteiger partial charge in [-0.15, -0.1) is 0 Å². The Hall–Kier alpha value is -1.56. The minimum absolute atomic E-state index is 0.00306. The molecule has 0 aliphatic heterocycles. The lowest BCUT2D eigenvalue weighted by Gasteiger charge is -2.13. The molecule has 74 valence electrons. The fraction of sp³-hybridized carbons (Fsp3) is 0.455. The number of Topliss-reactive ketones (excluding diaryl/α,β-unsaturated/α-hetero) is 1. The second-order valence-corrected chi connectivity index (χ2v) is 3.66. The van der Waals surface area contributed by atoms with Crippen LogP contribution >= 0.6 is 0 Å². The molecule has 0 spiro atoms. The standard InChI is InChI=1S/C11H14N2O/c1-7(2)13-8(3)10(6-12)5-11(13)9(4)14/h5,7H,1-4H3. The lowest BCUT2D eigenvalue weighted by Crippen LogP contribution is -2.10. The zero-order chi connectivity index (χ0) is 10.9. The molecular weight excluding hydrogens is 176 g/mol. The first-order valence-corrected chi connectivity index (χ1v) is 4.62. The van der Waals surface area contributed by atoms with Crippen LogP contribution < -0.4 is 0 Å². The van der Waals surface area contributed by atoms with Crippen molar-refractivity contribution in [3.63, 3.8) is 0 Å². The summed E-state index contributed by atoms with van der Waals surface area (Å²) in [7, 11) is 0. The van der Waals surface area contributed by atoms with Crippen LogP contribution in [0.1, 0.15) is 48.6 Å². The monoisotopic (exact) mass is 190 g/mol. The summed E-state index contributed by atoms with van der Waals surface area (Å²) in [5.74, 6) is 0.00306. The van der Waals surface area contributed by atoms with Crippen molar-refractivity contribution in [2.24, 2.45) is 0 Å². The molecule has 0 fully saturated rings. The quantitative estimate of drug-likeness (QED) is 0.672. The number of hydrogen-bond donors (Lipinski definition) is 0. The Morgan fingerprint density at radius 2 is 2.14 bits per heavy atom. The third kappa shape index (κ3) is 1.56. The zero-order valence-electron chi connectivity index (χ0n) is 8.96. The van der Waals surface area contributed by atoms with E-state index in [0.717, 1.165) is 5.69 Å². The van der Waals surface area contributed by atoms with Gasteiger partial charge in [0.2, 0.25) is 0 Å². The summed E-state index contributed by atoms with van der Waals surface area (Å²) in [4.78, 5) is 11.3. The highest BCUT2D eigenvalue weighted by molar-refractivity contribution is 5.93. The molecule has 1 heterocycles. The number of rotatable bonds is 2. The highest BCUT2D eigenvalue weighted by Gasteiger charge is 2.16. The van der Waals surface area contributed by atoms with Crippen LogP contribution in [0.4, 0.5) is 0 Å². The summed E-state index contributed by atoms with van der Waals surface area (Å²) in [5, 5.41) is 8.85. The van der Waals surface area contributed by atoms with Crippen molar-refractivity contribution in [3.8, 4) is 6.07 Å². The van der Waals surface area contributed by atoms with Crippen molar-refractivity contribution in [2.75, 3.05) is 0 Å². The molecule has 0 aliphatic carbocycles. The van der Waals surface area contributed by atoms with Crippen LogP contribution in [-0.2, 0) is 0 Å². The smallest absolute Gasteiger partial charge is 0.176 e. The van der Waals surface area contributed by atoms with E-state index in [-0.39, 0.29) is 11.8 Å². The molecule has 0 unspecified atom stereocenters. The van der Waals surface area contributed by atoms with Gasteiger partial charge < -0.3 is 4.57 Å². The maximum absolute atomic E-state index is 11.3. The lowest BCUT2D eigenvalue weighted by molar-refractivity contribution is 0.100. The van der Waals surface area contributed by atoms with Crippen LogP contribution in [0.3, 0.4) is 0 Å². The van der Waals surface area contributed by atoms with Crippen molar-refractivity contribution in [2.45, 2.75) is 33.7 Å². The summed E-state index contributed by atoms with van der Waals surface area (Å²) in [6.07, 6.45) is 0. The minimum atomic E-state index is 0.00306. The van der Waals surface area contributed by atoms with Gasteiger partial charge in [0.05, 0.1) is 11.3 Å². The van der Waals surface area contributed by atoms with E-state index < -0.39 is 0 Å². The van der Waals surface area contributed by atoms with Gasteiger partial charge in [-0.1, -0.05) is 0 Å². The average Bonchev–Trinajstić information content (AvgIpc) is 2.42. The average molecular weight is 190 g/mol. The summed E-state index contributed by atoms with van der Waals surface area (Å²) in [6, 6.07) is 3.96. The number of nitriles is 1. The number of hydrogen-bond acceptors (Lipinski definition) is 2. The molecule has 1 aromatic rings.